The van der Waals surface area contributed by atoms with Crippen molar-refractivity contribution in [3.63, 3.8) is 0 Å². The van der Waals surface area contributed by atoms with E-state index >= 15 is 0 Å². The average molecular weight is 369 g/mol. The molecule has 1 fully saturated rings. The van der Waals surface area contributed by atoms with Crippen LogP contribution in [0.5, 0.6) is 0 Å². The molecule has 0 aliphatic carbocycles. The van der Waals surface area contributed by atoms with Crippen molar-refractivity contribution >= 4 is 21.8 Å². The number of nitrogens with two attached hydrogens (primary N) is 1. The number of carbonyl (C=O) groups is 2. The molecule has 1 aromatic heterocycles. The van der Waals surface area contributed by atoms with E-state index in [1.54, 1.807) is 11.2 Å². The summed E-state index contributed by atoms with van der Waals surface area (Å²) in [6, 6.07) is 0. The monoisotopic (exact) mass is 369 g/mol. The first kappa shape index (κ1) is 17.9. The maximum atomic E-state index is 12.3. The number of aromatic amines is 1. The minimum absolute atomic E-state index is 0.0272. The van der Waals surface area contributed by atoms with Crippen LogP contribution in [0.25, 0.3) is 0 Å². The van der Waals surface area contributed by atoms with Gasteiger partial charge in [-0.2, -0.15) is 4.31 Å². The number of rotatable bonds is 4. The van der Waals surface area contributed by atoms with Crippen molar-refractivity contribution in [2.45, 2.75) is 37.6 Å². The van der Waals surface area contributed by atoms with E-state index in [1.807, 2.05) is 0 Å². The number of sulfonamides is 1. The van der Waals surface area contributed by atoms with Gasteiger partial charge in [0, 0.05) is 44.6 Å². The Hall–Kier alpha value is -1.94. The van der Waals surface area contributed by atoms with Crippen LogP contribution >= 0.6 is 0 Å². The lowest BCUT2D eigenvalue weighted by molar-refractivity contribution is -0.135. The lowest BCUT2D eigenvalue weighted by Crippen LogP contribution is -2.58. The number of likely N-dealkylation sites (tertiary alicyclic amines) is 1. The van der Waals surface area contributed by atoms with Crippen molar-refractivity contribution in [3.8, 4) is 0 Å². The quantitative estimate of drug-likeness (QED) is 0.726. The van der Waals surface area contributed by atoms with Gasteiger partial charge in [0.1, 0.15) is 0 Å². The van der Waals surface area contributed by atoms with Gasteiger partial charge in [-0.15, -0.1) is 0 Å². The normalized spacial score (nSPS) is 20.4. The van der Waals surface area contributed by atoms with Crippen LogP contribution in [0, 0.1) is 0 Å². The molecule has 9 nitrogen and oxygen atoms in total. The van der Waals surface area contributed by atoms with E-state index in [0.29, 0.717) is 38.9 Å². The first-order chi connectivity index (χ1) is 11.7. The van der Waals surface area contributed by atoms with Gasteiger partial charge in [-0.1, -0.05) is 0 Å². The van der Waals surface area contributed by atoms with Gasteiger partial charge in [0.2, 0.25) is 21.8 Å². The number of hydrogen-bond donors (Lipinski definition) is 2. The zero-order chi connectivity index (χ0) is 18.2. The summed E-state index contributed by atoms with van der Waals surface area (Å²) < 4.78 is 26.2. The second-order valence-corrected chi connectivity index (χ2v) is 8.60. The summed E-state index contributed by atoms with van der Waals surface area (Å²) >= 11 is 0. The smallest absolute Gasteiger partial charge is 0.223 e. The SMILES string of the molecule is CS(=O)(=O)N1CCc2[nH]cnc2C12CCN(C(=O)CCC(N)=O)CC2. The summed E-state index contributed by atoms with van der Waals surface area (Å²) in [6.45, 7) is 1.26. The third kappa shape index (κ3) is 3.28. The summed E-state index contributed by atoms with van der Waals surface area (Å²) in [4.78, 5) is 32.2. The Morgan fingerprint density at radius 2 is 1.96 bits per heavy atom. The zero-order valence-electron chi connectivity index (χ0n) is 14.2. The summed E-state index contributed by atoms with van der Waals surface area (Å²) in [5, 5.41) is 0. The van der Waals surface area contributed by atoms with Gasteiger partial charge in [-0.3, -0.25) is 9.59 Å². The van der Waals surface area contributed by atoms with Crippen molar-refractivity contribution in [1.29, 1.82) is 0 Å². The minimum atomic E-state index is -3.40. The number of primary amides is 1. The number of imidazole rings is 1. The molecule has 0 saturated carbocycles. The summed E-state index contributed by atoms with van der Waals surface area (Å²) in [5.41, 5.74) is 6.13. The van der Waals surface area contributed by atoms with Gasteiger partial charge in [0.05, 0.1) is 23.8 Å². The van der Waals surface area contributed by atoms with E-state index in [9.17, 15) is 18.0 Å². The maximum Gasteiger partial charge on any atom is 0.223 e. The standard InChI is InChI=1S/C15H23N5O4S/c1-25(23,24)20-7-4-11-14(18-10-17-11)15(20)5-8-19(9-6-15)13(22)3-2-12(16)21/h10H,2-9H2,1H3,(H2,16,21)(H,17,18). The highest BCUT2D eigenvalue weighted by molar-refractivity contribution is 7.88. The fraction of sp³-hybridized carbons (Fsp3) is 0.667. The predicted octanol–water partition coefficient (Wildman–Crippen LogP) is -0.689. The van der Waals surface area contributed by atoms with Crippen LogP contribution in [0.4, 0.5) is 0 Å². The van der Waals surface area contributed by atoms with E-state index in [2.05, 4.69) is 9.97 Å². The number of fused-ring (bicyclic) bond motifs is 2. The van der Waals surface area contributed by atoms with Crippen LogP contribution in [-0.2, 0) is 31.6 Å². The van der Waals surface area contributed by atoms with Crippen molar-refractivity contribution < 1.29 is 18.0 Å². The van der Waals surface area contributed by atoms with E-state index < -0.39 is 21.5 Å². The third-order valence-corrected chi connectivity index (χ3v) is 6.46. The zero-order valence-corrected chi connectivity index (χ0v) is 15.0. The first-order valence-corrected chi connectivity index (χ1v) is 10.2. The highest BCUT2D eigenvalue weighted by Crippen LogP contribution is 2.43. The Morgan fingerprint density at radius 3 is 2.56 bits per heavy atom. The second-order valence-electron chi connectivity index (χ2n) is 6.69. The molecule has 1 aromatic rings. The van der Waals surface area contributed by atoms with Gasteiger partial charge in [0.15, 0.2) is 0 Å². The molecule has 0 atom stereocenters. The predicted molar refractivity (Wildman–Crippen MR) is 89.8 cm³/mol. The fourth-order valence-corrected chi connectivity index (χ4v) is 5.27. The van der Waals surface area contributed by atoms with Crippen molar-refractivity contribution in [1.82, 2.24) is 19.2 Å². The molecular formula is C15H23N5O4S. The highest BCUT2D eigenvalue weighted by Gasteiger charge is 2.50. The molecule has 2 aliphatic heterocycles. The minimum Gasteiger partial charge on any atom is -0.370 e. The molecule has 2 amide bonds. The lowest BCUT2D eigenvalue weighted by atomic mass is 9.80. The molecule has 3 N–H and O–H groups in total. The number of piperidine rings is 1. The topological polar surface area (TPSA) is 129 Å². The summed E-state index contributed by atoms with van der Waals surface area (Å²) in [5.74, 6) is -0.629. The number of hydrogen-bond acceptors (Lipinski definition) is 5. The van der Waals surface area contributed by atoms with Crippen LogP contribution in [0.2, 0.25) is 0 Å². The molecule has 25 heavy (non-hydrogen) atoms. The van der Waals surface area contributed by atoms with E-state index in [-0.39, 0.29) is 18.7 Å². The molecule has 3 heterocycles. The molecule has 0 aromatic carbocycles. The Balaban J connectivity index is 1.82. The van der Waals surface area contributed by atoms with Crippen molar-refractivity contribution in [2.24, 2.45) is 5.73 Å². The van der Waals surface area contributed by atoms with Crippen LogP contribution < -0.4 is 5.73 Å². The largest absolute Gasteiger partial charge is 0.370 e. The number of aromatic nitrogens is 2. The maximum absolute atomic E-state index is 12.3. The Kier molecular flexibility index (Phi) is 4.58. The number of nitrogens with zero attached hydrogens (tertiary/aromatic N) is 3. The summed E-state index contributed by atoms with van der Waals surface area (Å²) in [6.07, 6.45) is 4.51. The Morgan fingerprint density at radius 1 is 1.28 bits per heavy atom. The first-order valence-electron chi connectivity index (χ1n) is 8.31. The molecule has 0 radical (unpaired) electrons. The second kappa shape index (κ2) is 6.41. The molecule has 138 valence electrons. The van der Waals surface area contributed by atoms with Gasteiger partial charge >= 0.3 is 0 Å². The lowest BCUT2D eigenvalue weighted by Gasteiger charge is -2.49. The number of H-pyrrole nitrogens is 1. The number of nitrogens with one attached hydrogen (secondary N) is 1. The van der Waals surface area contributed by atoms with Gasteiger partial charge in [-0.05, 0) is 12.8 Å². The molecule has 3 rings (SSSR count). The average Bonchev–Trinajstić information content (AvgIpc) is 3.02. The van der Waals surface area contributed by atoms with Gasteiger partial charge in [0.25, 0.3) is 0 Å². The molecular weight excluding hydrogens is 346 g/mol. The van der Waals surface area contributed by atoms with Gasteiger partial charge in [-0.25, -0.2) is 13.4 Å². The van der Waals surface area contributed by atoms with Crippen LogP contribution in [0.3, 0.4) is 0 Å². The molecule has 2 aliphatic rings. The van der Waals surface area contributed by atoms with Crippen LogP contribution in [0.1, 0.15) is 37.1 Å². The Labute approximate surface area is 146 Å². The summed E-state index contributed by atoms with van der Waals surface area (Å²) in [7, 11) is -3.40. The van der Waals surface area contributed by atoms with Crippen LogP contribution in [-0.4, -0.2) is 65.3 Å². The molecule has 1 spiro atoms. The highest BCUT2D eigenvalue weighted by atomic mass is 32.2. The van der Waals surface area contributed by atoms with Crippen LogP contribution in [0.15, 0.2) is 6.33 Å². The molecule has 0 unspecified atom stereocenters. The van der Waals surface area contributed by atoms with Gasteiger partial charge < -0.3 is 15.6 Å². The van der Waals surface area contributed by atoms with E-state index in [0.717, 1.165) is 11.4 Å². The third-order valence-electron chi connectivity index (χ3n) is 5.13. The van der Waals surface area contributed by atoms with E-state index in [4.69, 9.17) is 5.73 Å². The van der Waals surface area contributed by atoms with E-state index in [1.165, 1.54) is 10.6 Å². The fourth-order valence-electron chi connectivity index (χ4n) is 3.94. The Bertz CT molecular complexity index is 780. The van der Waals surface area contributed by atoms with Crippen molar-refractivity contribution in [2.75, 3.05) is 25.9 Å². The number of amides is 2. The number of carbonyl (C=O) groups excluding carboxylic acids is 2. The molecule has 1 saturated heterocycles. The molecule has 10 heteroatoms. The molecule has 0 bridgehead atoms. The van der Waals surface area contributed by atoms with Crippen molar-refractivity contribution in [3.05, 3.63) is 17.7 Å².